The summed E-state index contributed by atoms with van der Waals surface area (Å²) in [6.45, 7) is 0.108. The molecule has 1 atom stereocenters. The maximum absolute atomic E-state index is 9.70. The van der Waals surface area contributed by atoms with Gasteiger partial charge in [0.25, 0.3) is 0 Å². The van der Waals surface area contributed by atoms with Gasteiger partial charge in [0.2, 0.25) is 0 Å². The molecule has 0 amide bonds. The van der Waals surface area contributed by atoms with Crippen LogP contribution in [-0.4, -0.2) is 11.7 Å². The normalized spacial score (nSPS) is 12.4. The van der Waals surface area contributed by atoms with Crippen molar-refractivity contribution in [2.45, 2.75) is 6.10 Å². The second kappa shape index (κ2) is 5.05. The first-order valence-corrected chi connectivity index (χ1v) is 5.24. The molecule has 1 heterocycles. The number of benzene rings is 1. The van der Waals surface area contributed by atoms with Crippen molar-refractivity contribution in [2.75, 3.05) is 6.61 Å². The third-order valence-corrected chi connectivity index (χ3v) is 2.42. The third-order valence-electron chi connectivity index (χ3n) is 2.10. The van der Waals surface area contributed by atoms with Gasteiger partial charge in [0, 0.05) is 0 Å². The summed E-state index contributed by atoms with van der Waals surface area (Å²) in [4.78, 5) is 0. The van der Waals surface area contributed by atoms with Gasteiger partial charge in [0.1, 0.15) is 24.2 Å². The smallest absolute Gasteiger partial charge is 0.145 e. The van der Waals surface area contributed by atoms with Gasteiger partial charge in [-0.3, -0.25) is 0 Å². The summed E-state index contributed by atoms with van der Waals surface area (Å²) in [5.41, 5.74) is 0. The first-order chi connectivity index (χ1) is 7.77. The van der Waals surface area contributed by atoms with Gasteiger partial charge >= 0.3 is 0 Å². The van der Waals surface area contributed by atoms with Crippen molar-refractivity contribution < 1.29 is 14.3 Å². The lowest BCUT2D eigenvalue weighted by Crippen LogP contribution is -2.08. The van der Waals surface area contributed by atoms with Gasteiger partial charge in [-0.1, -0.05) is 23.7 Å². The summed E-state index contributed by atoms with van der Waals surface area (Å²) in [5.74, 6) is 1.03. The third kappa shape index (κ3) is 2.56. The molecule has 16 heavy (non-hydrogen) atoms. The highest BCUT2D eigenvalue weighted by Crippen LogP contribution is 2.24. The van der Waals surface area contributed by atoms with E-state index in [1.54, 1.807) is 24.3 Å². The van der Waals surface area contributed by atoms with E-state index in [-0.39, 0.29) is 6.61 Å². The van der Waals surface area contributed by atoms with Crippen LogP contribution in [0.4, 0.5) is 0 Å². The first-order valence-electron chi connectivity index (χ1n) is 4.86. The fourth-order valence-electron chi connectivity index (χ4n) is 1.29. The molecule has 2 aromatic rings. The maximum Gasteiger partial charge on any atom is 0.145 e. The number of hydrogen-bond donors (Lipinski definition) is 1. The number of halogens is 1. The summed E-state index contributed by atoms with van der Waals surface area (Å²) >= 11 is 5.90. The lowest BCUT2D eigenvalue weighted by atomic mass is 10.3. The SMILES string of the molecule is OC(COc1ccccc1Cl)c1ccco1. The van der Waals surface area contributed by atoms with Crippen LogP contribution in [0.15, 0.2) is 47.1 Å². The van der Waals surface area contributed by atoms with Crippen LogP contribution in [-0.2, 0) is 0 Å². The molecule has 0 saturated heterocycles. The van der Waals surface area contributed by atoms with Crippen molar-refractivity contribution in [1.82, 2.24) is 0 Å². The quantitative estimate of drug-likeness (QED) is 0.890. The zero-order valence-electron chi connectivity index (χ0n) is 8.47. The molecular formula is C12H11ClO3. The molecule has 1 aromatic carbocycles. The van der Waals surface area contributed by atoms with Crippen molar-refractivity contribution in [3.8, 4) is 5.75 Å². The second-order valence-corrected chi connectivity index (χ2v) is 3.68. The van der Waals surface area contributed by atoms with Gasteiger partial charge in [0.15, 0.2) is 0 Å². The standard InChI is InChI=1S/C12H11ClO3/c13-9-4-1-2-5-11(9)16-8-10(14)12-6-3-7-15-12/h1-7,10,14H,8H2. The molecule has 0 fully saturated rings. The average molecular weight is 239 g/mol. The van der Waals surface area contributed by atoms with E-state index in [2.05, 4.69) is 0 Å². The molecule has 4 heteroatoms. The van der Waals surface area contributed by atoms with Gasteiger partial charge in [0.05, 0.1) is 11.3 Å². The number of hydrogen-bond acceptors (Lipinski definition) is 3. The number of para-hydroxylation sites is 1. The van der Waals surface area contributed by atoms with Crippen LogP contribution < -0.4 is 4.74 Å². The van der Waals surface area contributed by atoms with E-state index >= 15 is 0 Å². The summed E-state index contributed by atoms with van der Waals surface area (Å²) in [6, 6.07) is 10.5. The molecule has 0 aliphatic rings. The monoisotopic (exact) mass is 238 g/mol. The van der Waals surface area contributed by atoms with Crippen LogP contribution in [0.2, 0.25) is 5.02 Å². The molecular weight excluding hydrogens is 228 g/mol. The molecule has 0 aliphatic heterocycles. The van der Waals surface area contributed by atoms with Crippen LogP contribution in [0.25, 0.3) is 0 Å². The van der Waals surface area contributed by atoms with Crippen molar-refractivity contribution >= 4 is 11.6 Å². The fourth-order valence-corrected chi connectivity index (χ4v) is 1.48. The Hall–Kier alpha value is -1.45. The Morgan fingerprint density at radius 2 is 2.06 bits per heavy atom. The average Bonchev–Trinajstić information content (AvgIpc) is 2.81. The second-order valence-electron chi connectivity index (χ2n) is 3.27. The van der Waals surface area contributed by atoms with E-state index in [1.165, 1.54) is 6.26 Å². The van der Waals surface area contributed by atoms with Crippen LogP contribution in [0.3, 0.4) is 0 Å². The summed E-state index contributed by atoms with van der Waals surface area (Å²) in [6.07, 6.45) is 0.722. The van der Waals surface area contributed by atoms with Gasteiger partial charge in [-0.05, 0) is 24.3 Å². The molecule has 2 rings (SSSR count). The van der Waals surface area contributed by atoms with E-state index in [0.29, 0.717) is 16.5 Å². The summed E-state index contributed by atoms with van der Waals surface area (Å²) in [5, 5.41) is 10.2. The van der Waals surface area contributed by atoms with E-state index in [0.717, 1.165) is 0 Å². The van der Waals surface area contributed by atoms with E-state index in [9.17, 15) is 5.11 Å². The van der Waals surface area contributed by atoms with Crippen molar-refractivity contribution in [1.29, 1.82) is 0 Å². The van der Waals surface area contributed by atoms with Gasteiger partial charge in [-0.15, -0.1) is 0 Å². The minimum Gasteiger partial charge on any atom is -0.489 e. The first kappa shape index (κ1) is 11.0. The highest BCUT2D eigenvalue weighted by Gasteiger charge is 2.11. The molecule has 0 radical (unpaired) electrons. The maximum atomic E-state index is 9.70. The van der Waals surface area contributed by atoms with E-state index < -0.39 is 6.10 Å². The Kier molecular flexibility index (Phi) is 3.49. The Balaban J connectivity index is 1.95. The molecule has 1 N–H and O–H groups in total. The Labute approximate surface area is 98.2 Å². The lowest BCUT2D eigenvalue weighted by molar-refractivity contribution is 0.0889. The van der Waals surface area contributed by atoms with Crippen molar-refractivity contribution in [3.05, 3.63) is 53.4 Å². The fraction of sp³-hybridized carbons (Fsp3) is 0.167. The minimum absolute atomic E-state index is 0.108. The van der Waals surface area contributed by atoms with Gasteiger partial charge < -0.3 is 14.3 Å². The number of aliphatic hydroxyl groups excluding tert-OH is 1. The predicted octanol–water partition coefficient (Wildman–Crippen LogP) is 3.05. The van der Waals surface area contributed by atoms with Gasteiger partial charge in [-0.2, -0.15) is 0 Å². The molecule has 0 aliphatic carbocycles. The summed E-state index contributed by atoms with van der Waals surface area (Å²) in [7, 11) is 0. The van der Waals surface area contributed by atoms with Crippen LogP contribution in [0, 0.1) is 0 Å². The number of furan rings is 1. The zero-order chi connectivity index (χ0) is 11.4. The zero-order valence-corrected chi connectivity index (χ0v) is 9.22. The Morgan fingerprint density at radius 3 is 2.75 bits per heavy atom. The molecule has 0 saturated carbocycles. The van der Waals surface area contributed by atoms with Crippen LogP contribution >= 0.6 is 11.6 Å². The number of rotatable bonds is 4. The summed E-state index contributed by atoms with van der Waals surface area (Å²) < 4.78 is 10.4. The van der Waals surface area contributed by atoms with Crippen molar-refractivity contribution in [3.63, 3.8) is 0 Å². The Bertz CT molecular complexity index is 439. The van der Waals surface area contributed by atoms with Crippen molar-refractivity contribution in [2.24, 2.45) is 0 Å². The topological polar surface area (TPSA) is 42.6 Å². The molecule has 0 spiro atoms. The minimum atomic E-state index is -0.786. The predicted molar refractivity (Wildman–Crippen MR) is 60.6 cm³/mol. The van der Waals surface area contributed by atoms with E-state index in [1.807, 2.05) is 12.1 Å². The van der Waals surface area contributed by atoms with Gasteiger partial charge in [-0.25, -0.2) is 0 Å². The highest BCUT2D eigenvalue weighted by atomic mass is 35.5. The van der Waals surface area contributed by atoms with Crippen LogP contribution in [0.1, 0.15) is 11.9 Å². The number of aliphatic hydroxyl groups is 1. The Morgan fingerprint density at radius 1 is 1.25 bits per heavy atom. The molecule has 84 valence electrons. The van der Waals surface area contributed by atoms with Crippen LogP contribution in [0.5, 0.6) is 5.75 Å². The molecule has 1 unspecified atom stereocenters. The highest BCUT2D eigenvalue weighted by molar-refractivity contribution is 6.32. The largest absolute Gasteiger partial charge is 0.489 e. The molecule has 3 nitrogen and oxygen atoms in total. The molecule has 0 bridgehead atoms. The van der Waals surface area contributed by atoms with E-state index in [4.69, 9.17) is 20.8 Å². The number of ether oxygens (including phenoxy) is 1. The lowest BCUT2D eigenvalue weighted by Gasteiger charge is -2.11. The molecule has 1 aromatic heterocycles.